The molecule has 0 saturated carbocycles. The molecule has 8 nitrogen and oxygen atoms in total. The Hall–Kier alpha value is -0.660. The third kappa shape index (κ3) is 7.72. The van der Waals surface area contributed by atoms with Crippen molar-refractivity contribution in [3.63, 3.8) is 0 Å². The fraction of sp³-hybridized carbons (Fsp3) is 0.478. The van der Waals surface area contributed by atoms with E-state index < -0.39 is 20.0 Å². The minimum atomic E-state index is -3.85. The van der Waals surface area contributed by atoms with Crippen LogP contribution in [0.3, 0.4) is 0 Å². The molecule has 2 aliphatic rings. The third-order valence-corrected chi connectivity index (χ3v) is 9.82. The maximum absolute atomic E-state index is 11.8. The van der Waals surface area contributed by atoms with Crippen molar-refractivity contribution in [1.82, 2.24) is 9.80 Å². The van der Waals surface area contributed by atoms with Crippen LogP contribution in [0.5, 0.6) is 0 Å². The molecule has 0 aromatic heterocycles. The van der Waals surface area contributed by atoms with Crippen LogP contribution in [0.1, 0.15) is 41.5 Å². The normalized spacial score (nSPS) is 16.3. The van der Waals surface area contributed by atoms with E-state index in [0.29, 0.717) is 13.1 Å². The number of primary sulfonamides is 2. The van der Waals surface area contributed by atoms with Crippen LogP contribution in [0.25, 0.3) is 0 Å². The van der Waals surface area contributed by atoms with Crippen LogP contribution < -0.4 is 10.3 Å². The number of halogens is 4. The molecule has 0 radical (unpaired) electrons. The molecular formula is C23H32Cl4N4O4S2. The number of sulfonamides is 2. The summed E-state index contributed by atoms with van der Waals surface area (Å²) in [5.41, 5.74) is 3.86. The first-order chi connectivity index (χ1) is 16.4. The summed E-state index contributed by atoms with van der Waals surface area (Å²) >= 11 is 12.8. The molecule has 0 fully saturated rings. The van der Waals surface area contributed by atoms with Crippen LogP contribution in [0.2, 0.25) is 10.0 Å². The lowest BCUT2D eigenvalue weighted by atomic mass is 9.99. The molecule has 0 unspecified atom stereocenters. The van der Waals surface area contributed by atoms with Gasteiger partial charge >= 0.3 is 0 Å². The van der Waals surface area contributed by atoms with Crippen LogP contribution in [-0.2, 0) is 46.0 Å². The molecule has 2 heterocycles. The molecule has 0 saturated heterocycles. The van der Waals surface area contributed by atoms with Gasteiger partial charge in [-0.25, -0.2) is 27.1 Å². The number of fused-ring (bicyclic) bond motifs is 2. The summed E-state index contributed by atoms with van der Waals surface area (Å²) in [5.74, 6) is 0. The summed E-state index contributed by atoms with van der Waals surface area (Å²) in [5, 5.41) is 11.1. The topological polar surface area (TPSA) is 127 Å². The molecule has 0 bridgehead atoms. The number of nitrogens with zero attached hydrogens (tertiary/aromatic N) is 2. The van der Waals surface area contributed by atoms with Crippen molar-refractivity contribution in [2.24, 2.45) is 10.3 Å². The SMILES string of the molecule is Cl.Cl.NS(=O)(=O)c1ccc2c(c1Cl)CN(CCCCCN1CCc3ccc(S(N)(=O)=O)c(Cl)c3C1)CC2. The number of hydrogen-bond acceptors (Lipinski definition) is 6. The second-order valence-corrected chi connectivity index (χ2v) is 13.0. The van der Waals surface area contributed by atoms with E-state index in [4.69, 9.17) is 33.5 Å². The second-order valence-electron chi connectivity index (χ2n) is 9.23. The van der Waals surface area contributed by atoms with E-state index >= 15 is 0 Å². The minimum absolute atomic E-state index is 0. The lowest BCUT2D eigenvalue weighted by molar-refractivity contribution is 0.231. The van der Waals surface area contributed by atoms with E-state index in [1.165, 1.54) is 12.1 Å². The Kier molecular flexibility index (Phi) is 11.6. The summed E-state index contributed by atoms with van der Waals surface area (Å²) in [7, 11) is -7.70. The van der Waals surface area contributed by atoms with Gasteiger partial charge in [0.2, 0.25) is 20.0 Å². The van der Waals surface area contributed by atoms with Gasteiger partial charge in [0.25, 0.3) is 0 Å². The molecule has 0 atom stereocenters. The number of benzene rings is 2. The summed E-state index contributed by atoms with van der Waals surface area (Å²) in [4.78, 5) is 4.57. The first kappa shape index (κ1) is 32.6. The van der Waals surface area contributed by atoms with Gasteiger partial charge in [-0.15, -0.1) is 24.8 Å². The number of nitrogens with two attached hydrogens (primary N) is 2. The van der Waals surface area contributed by atoms with Crippen LogP contribution >= 0.6 is 48.0 Å². The number of unbranched alkanes of at least 4 members (excludes halogenated alkanes) is 2. The van der Waals surface area contributed by atoms with E-state index in [0.717, 1.165) is 80.5 Å². The van der Waals surface area contributed by atoms with Crippen molar-refractivity contribution in [2.75, 3.05) is 26.2 Å². The molecule has 4 N–H and O–H groups in total. The zero-order valence-corrected chi connectivity index (χ0v) is 24.9. The van der Waals surface area contributed by atoms with Gasteiger partial charge in [0.15, 0.2) is 0 Å². The molecule has 2 aromatic rings. The van der Waals surface area contributed by atoms with Gasteiger partial charge in [-0.05, 0) is 73.2 Å². The smallest absolute Gasteiger partial charge is 0.239 e. The number of rotatable bonds is 8. The predicted octanol–water partition coefficient (Wildman–Crippen LogP) is 3.72. The average Bonchev–Trinajstić information content (AvgIpc) is 2.78. The Bertz CT molecular complexity index is 1240. The highest BCUT2D eigenvalue weighted by molar-refractivity contribution is 7.89. The molecule has 0 amide bonds. The van der Waals surface area contributed by atoms with Gasteiger partial charge in [0.1, 0.15) is 9.79 Å². The van der Waals surface area contributed by atoms with Crippen molar-refractivity contribution in [1.29, 1.82) is 0 Å². The molecule has 2 aliphatic heterocycles. The standard InChI is InChI=1S/C23H30Cl2N4O4S2.2ClH/c24-22-18-14-28(12-8-16(18)4-6-20(22)34(26,30)31)10-2-1-3-11-29-13-9-17-5-7-21(35(27,32)33)23(25)19(17)15-29;;/h4-7H,1-3,8-15H2,(H2,26,30,31)(H2,27,32,33);2*1H. The maximum Gasteiger partial charge on any atom is 0.239 e. The predicted molar refractivity (Wildman–Crippen MR) is 152 cm³/mol. The highest BCUT2D eigenvalue weighted by atomic mass is 35.5. The quantitative estimate of drug-likeness (QED) is 0.427. The van der Waals surface area contributed by atoms with Crippen LogP contribution in [0, 0.1) is 0 Å². The zero-order valence-electron chi connectivity index (χ0n) is 20.2. The Morgan fingerprint density at radius 2 is 1.05 bits per heavy atom. The van der Waals surface area contributed by atoms with Gasteiger partial charge in [-0.1, -0.05) is 41.8 Å². The number of hydrogen-bond donors (Lipinski definition) is 2. The van der Waals surface area contributed by atoms with Crippen molar-refractivity contribution in [2.45, 2.75) is 55.0 Å². The molecule has 14 heteroatoms. The monoisotopic (exact) mass is 632 g/mol. The summed E-state index contributed by atoms with van der Waals surface area (Å²) in [6.07, 6.45) is 4.73. The Morgan fingerprint density at radius 1 is 0.676 bits per heavy atom. The lowest BCUT2D eigenvalue weighted by Gasteiger charge is -2.31. The lowest BCUT2D eigenvalue weighted by Crippen LogP contribution is -2.33. The minimum Gasteiger partial charge on any atom is -0.299 e. The van der Waals surface area contributed by atoms with Gasteiger partial charge in [-0.3, -0.25) is 9.80 Å². The van der Waals surface area contributed by atoms with Crippen LogP contribution in [0.15, 0.2) is 34.1 Å². The van der Waals surface area contributed by atoms with Gasteiger partial charge in [0.05, 0.1) is 10.0 Å². The van der Waals surface area contributed by atoms with Crippen LogP contribution in [-0.4, -0.2) is 52.8 Å². The Morgan fingerprint density at radius 3 is 1.41 bits per heavy atom. The van der Waals surface area contributed by atoms with Gasteiger partial charge in [-0.2, -0.15) is 0 Å². The molecule has 0 spiro atoms. The van der Waals surface area contributed by atoms with E-state index in [-0.39, 0.29) is 44.7 Å². The highest BCUT2D eigenvalue weighted by Gasteiger charge is 2.25. The Balaban J connectivity index is 0.00000241. The molecule has 2 aromatic carbocycles. The molecule has 0 aliphatic carbocycles. The highest BCUT2D eigenvalue weighted by Crippen LogP contribution is 2.33. The fourth-order valence-electron chi connectivity index (χ4n) is 4.92. The molecule has 208 valence electrons. The van der Waals surface area contributed by atoms with Gasteiger partial charge < -0.3 is 0 Å². The molecule has 4 rings (SSSR count). The largest absolute Gasteiger partial charge is 0.299 e. The summed E-state index contributed by atoms with van der Waals surface area (Å²) in [6.45, 7) is 4.86. The third-order valence-electron chi connectivity index (χ3n) is 6.83. The molecular weight excluding hydrogens is 602 g/mol. The average molecular weight is 634 g/mol. The zero-order chi connectivity index (χ0) is 25.4. The first-order valence-electron chi connectivity index (χ1n) is 11.6. The Labute approximate surface area is 241 Å². The van der Waals surface area contributed by atoms with Crippen molar-refractivity contribution < 1.29 is 16.8 Å². The second kappa shape index (κ2) is 13.1. The maximum atomic E-state index is 11.8. The fourth-order valence-corrected chi connectivity index (χ4v) is 7.32. The van der Waals surface area contributed by atoms with E-state index in [9.17, 15) is 16.8 Å². The van der Waals surface area contributed by atoms with Crippen molar-refractivity contribution in [3.05, 3.63) is 56.6 Å². The van der Waals surface area contributed by atoms with Crippen LogP contribution in [0.4, 0.5) is 0 Å². The summed E-state index contributed by atoms with van der Waals surface area (Å²) < 4.78 is 47.1. The first-order valence-corrected chi connectivity index (χ1v) is 15.4. The van der Waals surface area contributed by atoms with E-state index in [1.807, 2.05) is 12.1 Å². The summed E-state index contributed by atoms with van der Waals surface area (Å²) in [6, 6.07) is 6.61. The van der Waals surface area contributed by atoms with Gasteiger partial charge in [0, 0.05) is 26.2 Å². The molecule has 37 heavy (non-hydrogen) atoms. The van der Waals surface area contributed by atoms with Crippen molar-refractivity contribution >= 4 is 68.1 Å². The van der Waals surface area contributed by atoms with E-state index in [2.05, 4.69) is 9.80 Å². The van der Waals surface area contributed by atoms with Crippen molar-refractivity contribution in [3.8, 4) is 0 Å². The van der Waals surface area contributed by atoms with E-state index in [1.54, 1.807) is 0 Å².